The van der Waals surface area contributed by atoms with Crippen LogP contribution in [0, 0.1) is 0 Å². The van der Waals surface area contributed by atoms with Crippen LogP contribution in [0.3, 0.4) is 0 Å². The van der Waals surface area contributed by atoms with Gasteiger partial charge in [-0.25, -0.2) is 9.89 Å². The number of nitrogens with one attached hydrogen (secondary N) is 2. The number of hydrogen-bond donors (Lipinski definition) is 2. The minimum Gasteiger partial charge on any atom is -0.354 e. The molecule has 2 heterocycles. The molecular weight excluding hydrogens is 314 g/mol. The second-order valence-electron chi connectivity index (χ2n) is 4.20. The molecule has 0 aliphatic rings. The van der Waals surface area contributed by atoms with E-state index in [0.717, 1.165) is 19.4 Å². The first-order chi connectivity index (χ1) is 10.1. The van der Waals surface area contributed by atoms with E-state index in [-0.39, 0.29) is 11.0 Å². The van der Waals surface area contributed by atoms with Crippen LogP contribution in [0.1, 0.15) is 26.7 Å². The van der Waals surface area contributed by atoms with Gasteiger partial charge in [0.05, 0.1) is 0 Å². The Morgan fingerprint density at radius 3 is 2.81 bits per heavy atom. The SMILES string of the molecule is CCCNc1nc(Cl)nc(Sc2n[nH]c(=O)n2CCC)n1. The summed E-state index contributed by atoms with van der Waals surface area (Å²) in [6.45, 7) is 5.35. The Bertz CT molecular complexity index is 656. The zero-order valence-electron chi connectivity index (χ0n) is 11.8. The molecule has 8 nitrogen and oxygen atoms in total. The van der Waals surface area contributed by atoms with Crippen LogP contribution in [0.25, 0.3) is 0 Å². The highest BCUT2D eigenvalue weighted by Gasteiger charge is 2.13. The lowest BCUT2D eigenvalue weighted by atomic mass is 10.5. The van der Waals surface area contributed by atoms with Gasteiger partial charge in [-0.3, -0.25) is 4.57 Å². The summed E-state index contributed by atoms with van der Waals surface area (Å²) in [5.41, 5.74) is -0.246. The van der Waals surface area contributed by atoms with Crippen molar-refractivity contribution in [1.82, 2.24) is 29.7 Å². The van der Waals surface area contributed by atoms with Crippen LogP contribution in [0.5, 0.6) is 0 Å². The summed E-state index contributed by atoms with van der Waals surface area (Å²) in [5, 5.41) is 10.4. The molecule has 10 heteroatoms. The molecule has 2 aromatic heterocycles. The maximum absolute atomic E-state index is 11.6. The molecular formula is C11H16ClN7OS. The summed E-state index contributed by atoms with van der Waals surface area (Å²) < 4.78 is 1.54. The average Bonchev–Trinajstić information content (AvgIpc) is 2.78. The normalized spacial score (nSPS) is 10.8. The molecule has 114 valence electrons. The van der Waals surface area contributed by atoms with E-state index in [1.54, 1.807) is 4.57 Å². The third-order valence-electron chi connectivity index (χ3n) is 2.47. The highest BCUT2D eigenvalue weighted by Crippen LogP contribution is 2.23. The molecule has 2 N–H and O–H groups in total. The minimum absolute atomic E-state index is 0.103. The fourth-order valence-corrected chi connectivity index (χ4v) is 2.59. The number of nitrogens with zero attached hydrogens (tertiary/aromatic N) is 5. The molecule has 0 radical (unpaired) electrons. The first-order valence-corrected chi connectivity index (χ1v) is 7.82. The zero-order valence-corrected chi connectivity index (χ0v) is 13.3. The smallest absolute Gasteiger partial charge is 0.343 e. The molecule has 0 saturated carbocycles. The van der Waals surface area contributed by atoms with Gasteiger partial charge in [0.25, 0.3) is 0 Å². The van der Waals surface area contributed by atoms with Crippen molar-refractivity contribution in [1.29, 1.82) is 0 Å². The van der Waals surface area contributed by atoms with Gasteiger partial charge in [-0.2, -0.15) is 15.0 Å². The van der Waals surface area contributed by atoms with Gasteiger partial charge < -0.3 is 5.32 Å². The quantitative estimate of drug-likeness (QED) is 0.798. The van der Waals surface area contributed by atoms with Crippen molar-refractivity contribution in [2.75, 3.05) is 11.9 Å². The lowest BCUT2D eigenvalue weighted by Crippen LogP contribution is -2.17. The number of aromatic nitrogens is 6. The van der Waals surface area contributed by atoms with E-state index in [1.165, 1.54) is 11.8 Å². The Morgan fingerprint density at radius 1 is 1.29 bits per heavy atom. The van der Waals surface area contributed by atoms with Crippen LogP contribution < -0.4 is 11.0 Å². The summed E-state index contributed by atoms with van der Waals surface area (Å²) in [6, 6.07) is 0. The van der Waals surface area contributed by atoms with Crippen LogP contribution in [0.15, 0.2) is 15.1 Å². The Morgan fingerprint density at radius 2 is 2.10 bits per heavy atom. The van der Waals surface area contributed by atoms with Crippen molar-refractivity contribution in [2.24, 2.45) is 0 Å². The monoisotopic (exact) mass is 329 g/mol. The summed E-state index contributed by atoms with van der Waals surface area (Å²) >= 11 is 7.06. The van der Waals surface area contributed by atoms with Crippen molar-refractivity contribution in [3.05, 3.63) is 15.8 Å². The van der Waals surface area contributed by atoms with Gasteiger partial charge in [-0.05, 0) is 36.2 Å². The van der Waals surface area contributed by atoms with Crippen LogP contribution in [-0.2, 0) is 6.54 Å². The number of aromatic amines is 1. The number of rotatable bonds is 7. The van der Waals surface area contributed by atoms with E-state index in [1.807, 2.05) is 13.8 Å². The molecule has 0 amide bonds. The van der Waals surface area contributed by atoms with Crippen molar-refractivity contribution >= 4 is 29.3 Å². The highest BCUT2D eigenvalue weighted by atomic mass is 35.5. The molecule has 0 aliphatic carbocycles. The molecule has 0 spiro atoms. The maximum atomic E-state index is 11.6. The summed E-state index contributed by atoms with van der Waals surface area (Å²) in [7, 11) is 0. The molecule has 0 atom stereocenters. The zero-order chi connectivity index (χ0) is 15.2. The van der Waals surface area contributed by atoms with Gasteiger partial charge >= 0.3 is 5.69 Å². The number of H-pyrrole nitrogens is 1. The van der Waals surface area contributed by atoms with Crippen LogP contribution in [-0.4, -0.2) is 36.3 Å². The highest BCUT2D eigenvalue weighted by molar-refractivity contribution is 7.99. The van der Waals surface area contributed by atoms with E-state index in [2.05, 4.69) is 30.5 Å². The molecule has 2 aromatic rings. The molecule has 0 saturated heterocycles. The predicted molar refractivity (Wildman–Crippen MR) is 80.9 cm³/mol. The fraction of sp³-hybridized carbons (Fsp3) is 0.545. The molecule has 0 aromatic carbocycles. The maximum Gasteiger partial charge on any atom is 0.343 e. The van der Waals surface area contributed by atoms with Crippen molar-refractivity contribution in [3.63, 3.8) is 0 Å². The predicted octanol–water partition coefficient (Wildman–Crippen LogP) is 1.79. The topological polar surface area (TPSA) is 101 Å². The van der Waals surface area contributed by atoms with Gasteiger partial charge in [0, 0.05) is 13.1 Å². The van der Waals surface area contributed by atoms with Crippen LogP contribution >= 0.6 is 23.4 Å². The average molecular weight is 330 g/mol. The van der Waals surface area contributed by atoms with Crippen molar-refractivity contribution in [3.8, 4) is 0 Å². The Hall–Kier alpha value is -1.61. The molecule has 0 fully saturated rings. The van der Waals surface area contributed by atoms with E-state index in [9.17, 15) is 4.79 Å². The number of hydrogen-bond acceptors (Lipinski definition) is 7. The van der Waals surface area contributed by atoms with Crippen molar-refractivity contribution in [2.45, 2.75) is 43.5 Å². The molecule has 0 bridgehead atoms. The number of halogens is 1. The fourth-order valence-electron chi connectivity index (χ4n) is 1.58. The Kier molecular flexibility index (Phi) is 5.57. The lowest BCUT2D eigenvalue weighted by Gasteiger charge is -2.05. The van der Waals surface area contributed by atoms with E-state index >= 15 is 0 Å². The van der Waals surface area contributed by atoms with Gasteiger partial charge in [0.15, 0.2) is 5.16 Å². The van der Waals surface area contributed by atoms with Gasteiger partial charge in [-0.1, -0.05) is 13.8 Å². The van der Waals surface area contributed by atoms with E-state index in [0.29, 0.717) is 22.8 Å². The second kappa shape index (κ2) is 7.41. The third kappa shape index (κ3) is 4.18. The van der Waals surface area contributed by atoms with E-state index in [4.69, 9.17) is 11.6 Å². The lowest BCUT2D eigenvalue weighted by molar-refractivity contribution is 0.603. The number of anilines is 1. The summed E-state index contributed by atoms with van der Waals surface area (Å²) in [4.78, 5) is 23.9. The first-order valence-electron chi connectivity index (χ1n) is 6.62. The van der Waals surface area contributed by atoms with E-state index < -0.39 is 0 Å². The van der Waals surface area contributed by atoms with Gasteiger partial charge in [-0.15, -0.1) is 5.10 Å². The summed E-state index contributed by atoms with van der Waals surface area (Å²) in [5.74, 6) is 0.416. The largest absolute Gasteiger partial charge is 0.354 e. The minimum atomic E-state index is -0.246. The van der Waals surface area contributed by atoms with Crippen LogP contribution in [0.2, 0.25) is 5.28 Å². The second-order valence-corrected chi connectivity index (χ2v) is 5.47. The standard InChI is InChI=1S/C11H16ClN7OS/c1-3-5-13-8-14-7(12)15-9(16-8)21-11-18-17-10(20)19(11)6-4-2/h3-6H2,1-2H3,(H,17,20)(H,13,14,15,16). The molecule has 0 aliphatic heterocycles. The Labute approximate surface area is 130 Å². The summed E-state index contributed by atoms with van der Waals surface area (Å²) in [6.07, 6.45) is 1.77. The van der Waals surface area contributed by atoms with Gasteiger partial charge in [0.1, 0.15) is 0 Å². The molecule has 21 heavy (non-hydrogen) atoms. The third-order valence-corrected chi connectivity index (χ3v) is 3.50. The molecule has 0 unspecified atom stereocenters. The van der Waals surface area contributed by atoms with Gasteiger partial charge in [0.2, 0.25) is 16.4 Å². The first kappa shape index (κ1) is 15.8. The Balaban J connectivity index is 2.23. The molecule has 2 rings (SSSR count). The van der Waals surface area contributed by atoms with Crippen LogP contribution in [0.4, 0.5) is 5.95 Å². The van der Waals surface area contributed by atoms with Crippen molar-refractivity contribution < 1.29 is 0 Å².